The van der Waals surface area contributed by atoms with Crippen LogP contribution < -0.4 is 9.64 Å². The van der Waals surface area contributed by atoms with E-state index >= 15 is 9.59 Å². The van der Waals surface area contributed by atoms with Crippen molar-refractivity contribution in [2.75, 3.05) is 18.1 Å². The van der Waals surface area contributed by atoms with Gasteiger partial charge in [-0.1, -0.05) is 127 Å². The molecule has 0 bridgehead atoms. The predicted octanol–water partition coefficient (Wildman–Crippen LogP) is 10.3. The zero-order valence-electron chi connectivity index (χ0n) is 33.4. The Hall–Kier alpha value is -7.03. The molecule has 1 N–H and O–H groups in total. The lowest BCUT2D eigenvalue weighted by Crippen LogP contribution is -2.52. The molecule has 300 valence electrons. The number of rotatable bonds is 14. The quantitative estimate of drug-likeness (QED) is 0.0669. The van der Waals surface area contributed by atoms with Crippen LogP contribution in [0.2, 0.25) is 0 Å². The SMILES string of the molecule is C=CCC(OC(C)=O)[C@@H]1[C@@H](N(Cc2ccc(-c3ccccc3)cc2)C(=O)c2cccc3ccccc23)c2cc(OCCCO)ccc2N1C(=O)c1ccc2ccccc2c1. The molecular weight excluding hydrogens is 749 g/mol. The van der Waals surface area contributed by atoms with Crippen LogP contribution in [0.1, 0.15) is 57.7 Å². The predicted molar refractivity (Wildman–Crippen MR) is 237 cm³/mol. The molecule has 0 saturated heterocycles. The van der Waals surface area contributed by atoms with Crippen LogP contribution in [0.15, 0.2) is 170 Å². The molecule has 8 heteroatoms. The van der Waals surface area contributed by atoms with Crippen molar-refractivity contribution in [1.82, 2.24) is 4.90 Å². The number of hydrogen-bond acceptors (Lipinski definition) is 6. The van der Waals surface area contributed by atoms with Crippen LogP contribution in [-0.4, -0.2) is 53.1 Å². The van der Waals surface area contributed by atoms with Gasteiger partial charge in [0.1, 0.15) is 11.9 Å². The highest BCUT2D eigenvalue weighted by atomic mass is 16.5. The van der Waals surface area contributed by atoms with Gasteiger partial charge in [-0.2, -0.15) is 0 Å². The summed E-state index contributed by atoms with van der Waals surface area (Å²) in [5.41, 5.74) is 5.14. The van der Waals surface area contributed by atoms with Gasteiger partial charge >= 0.3 is 5.97 Å². The largest absolute Gasteiger partial charge is 0.493 e. The summed E-state index contributed by atoms with van der Waals surface area (Å²) in [6.07, 6.45) is 1.41. The van der Waals surface area contributed by atoms with Crippen LogP contribution in [0.3, 0.4) is 0 Å². The van der Waals surface area contributed by atoms with Crippen molar-refractivity contribution in [3.63, 3.8) is 0 Å². The average Bonchev–Trinajstić information content (AvgIpc) is 3.61. The van der Waals surface area contributed by atoms with Crippen molar-refractivity contribution in [1.29, 1.82) is 0 Å². The number of carbonyl (C=O) groups excluding carboxylic acids is 3. The number of aliphatic hydroxyl groups is 1. The zero-order valence-corrected chi connectivity index (χ0v) is 33.4. The first-order valence-electron chi connectivity index (χ1n) is 20.3. The van der Waals surface area contributed by atoms with E-state index < -0.39 is 24.2 Å². The summed E-state index contributed by atoms with van der Waals surface area (Å²) < 4.78 is 12.3. The lowest BCUT2D eigenvalue weighted by molar-refractivity contribution is -0.147. The maximum Gasteiger partial charge on any atom is 0.302 e. The lowest BCUT2D eigenvalue weighted by atomic mass is 9.92. The Morgan fingerprint density at radius 3 is 2.22 bits per heavy atom. The molecule has 1 aliphatic rings. The van der Waals surface area contributed by atoms with Crippen LogP contribution in [0.5, 0.6) is 5.75 Å². The molecule has 0 saturated carbocycles. The Bertz CT molecular complexity index is 2670. The van der Waals surface area contributed by atoms with Crippen LogP contribution in [0.4, 0.5) is 5.69 Å². The van der Waals surface area contributed by atoms with Crippen molar-refractivity contribution >= 4 is 45.0 Å². The van der Waals surface area contributed by atoms with E-state index in [9.17, 15) is 9.90 Å². The highest BCUT2D eigenvalue weighted by Gasteiger charge is 2.51. The highest BCUT2D eigenvalue weighted by Crippen LogP contribution is 2.49. The topological polar surface area (TPSA) is 96.4 Å². The molecular formula is C52H46N2O6. The fourth-order valence-electron chi connectivity index (χ4n) is 8.37. The molecule has 1 aliphatic heterocycles. The van der Waals surface area contributed by atoms with Gasteiger partial charge in [0, 0.05) is 49.6 Å². The molecule has 1 unspecified atom stereocenters. The lowest BCUT2D eigenvalue weighted by Gasteiger charge is -2.39. The Balaban J connectivity index is 1.34. The summed E-state index contributed by atoms with van der Waals surface area (Å²) in [6, 6.07) is 48.9. The second-order valence-electron chi connectivity index (χ2n) is 15.0. The molecule has 60 heavy (non-hydrogen) atoms. The second-order valence-corrected chi connectivity index (χ2v) is 15.0. The van der Waals surface area contributed by atoms with Crippen molar-refractivity contribution in [2.45, 2.75) is 44.5 Å². The van der Waals surface area contributed by atoms with E-state index in [0.717, 1.165) is 38.2 Å². The summed E-state index contributed by atoms with van der Waals surface area (Å²) in [7, 11) is 0. The van der Waals surface area contributed by atoms with Crippen LogP contribution in [-0.2, 0) is 16.1 Å². The van der Waals surface area contributed by atoms with Gasteiger partial charge in [-0.15, -0.1) is 6.58 Å². The highest BCUT2D eigenvalue weighted by molar-refractivity contribution is 6.11. The third kappa shape index (κ3) is 8.15. The third-order valence-electron chi connectivity index (χ3n) is 11.1. The van der Waals surface area contributed by atoms with Gasteiger partial charge in [0.25, 0.3) is 11.8 Å². The Morgan fingerprint density at radius 2 is 1.47 bits per heavy atom. The molecule has 1 heterocycles. The van der Waals surface area contributed by atoms with Crippen molar-refractivity contribution in [2.24, 2.45) is 0 Å². The van der Waals surface area contributed by atoms with Crippen LogP contribution in [0.25, 0.3) is 32.7 Å². The normalized spacial score (nSPS) is 15.0. The maximum absolute atomic E-state index is 15.6. The summed E-state index contributed by atoms with van der Waals surface area (Å²) in [4.78, 5) is 47.4. The van der Waals surface area contributed by atoms with E-state index in [-0.39, 0.29) is 38.0 Å². The minimum atomic E-state index is -0.899. The van der Waals surface area contributed by atoms with Crippen molar-refractivity contribution in [3.05, 3.63) is 193 Å². The Morgan fingerprint density at radius 1 is 0.767 bits per heavy atom. The first kappa shape index (κ1) is 39.8. The molecule has 0 aromatic heterocycles. The van der Waals surface area contributed by atoms with Gasteiger partial charge in [-0.25, -0.2) is 0 Å². The van der Waals surface area contributed by atoms with Gasteiger partial charge in [-0.05, 0) is 74.6 Å². The number of carbonyl (C=O) groups is 3. The van der Waals surface area contributed by atoms with Crippen molar-refractivity contribution in [3.8, 4) is 16.9 Å². The van der Waals surface area contributed by atoms with E-state index in [2.05, 4.69) is 18.7 Å². The van der Waals surface area contributed by atoms with Gasteiger partial charge in [0.15, 0.2) is 0 Å². The first-order valence-corrected chi connectivity index (χ1v) is 20.3. The molecule has 8 nitrogen and oxygen atoms in total. The number of nitrogens with zero attached hydrogens (tertiary/aromatic N) is 2. The average molecular weight is 795 g/mol. The fourth-order valence-corrected chi connectivity index (χ4v) is 8.37. The molecule has 7 aromatic rings. The monoisotopic (exact) mass is 794 g/mol. The van der Waals surface area contributed by atoms with E-state index in [1.54, 1.807) is 17.0 Å². The number of hydrogen-bond donors (Lipinski definition) is 1. The van der Waals surface area contributed by atoms with Crippen LogP contribution >= 0.6 is 0 Å². The maximum atomic E-state index is 15.6. The van der Waals surface area contributed by atoms with E-state index in [1.165, 1.54) is 6.92 Å². The van der Waals surface area contributed by atoms with Crippen LogP contribution in [0, 0.1) is 0 Å². The smallest absolute Gasteiger partial charge is 0.302 e. The Labute approximate surface area is 349 Å². The second kappa shape index (κ2) is 17.9. The summed E-state index contributed by atoms with van der Waals surface area (Å²) >= 11 is 0. The van der Waals surface area contributed by atoms with E-state index in [1.807, 2.05) is 144 Å². The van der Waals surface area contributed by atoms with Crippen molar-refractivity contribution < 1.29 is 29.0 Å². The number of esters is 1. The summed E-state index contributed by atoms with van der Waals surface area (Å²) in [5.74, 6) is -0.573. The van der Waals surface area contributed by atoms with Gasteiger partial charge in [0.2, 0.25) is 0 Å². The summed E-state index contributed by atoms with van der Waals surface area (Å²) in [6.45, 7) is 5.76. The zero-order chi connectivity index (χ0) is 41.6. The van der Waals surface area contributed by atoms with E-state index in [4.69, 9.17) is 9.47 Å². The van der Waals surface area contributed by atoms with Gasteiger partial charge in [-0.3, -0.25) is 19.3 Å². The minimum absolute atomic E-state index is 0.0360. The van der Waals surface area contributed by atoms with E-state index in [0.29, 0.717) is 34.5 Å². The molecule has 3 atom stereocenters. The third-order valence-corrected chi connectivity index (χ3v) is 11.1. The van der Waals surface area contributed by atoms with Gasteiger partial charge < -0.3 is 19.5 Å². The Kier molecular flexibility index (Phi) is 11.8. The number of benzene rings is 7. The number of fused-ring (bicyclic) bond motifs is 3. The number of amides is 2. The molecule has 2 amide bonds. The molecule has 0 spiro atoms. The molecule has 0 radical (unpaired) electrons. The number of aliphatic hydroxyl groups excluding tert-OH is 1. The number of ether oxygens (including phenoxy) is 2. The standard InChI is InChI=1S/C52H46N2O6/c1-3-13-48(60-35(2)56)50-49(46-33-43(59-31-12-30-55)28-29-47(46)54(50)51(57)42-27-26-38-16-7-8-18-41(38)32-42)53(52(58)45-21-11-19-40-17-9-10-20-44(40)45)34-36-22-24-39(25-23-36)37-14-5-4-6-15-37/h3-11,14-29,32-33,48-50,55H,1,12-13,30-31,34H2,2H3/t48?,49-,50+/m0/s1. The minimum Gasteiger partial charge on any atom is -0.493 e. The molecule has 8 rings (SSSR count). The number of anilines is 1. The van der Waals surface area contributed by atoms with Gasteiger partial charge in [0.05, 0.1) is 24.4 Å². The summed E-state index contributed by atoms with van der Waals surface area (Å²) in [5, 5.41) is 13.1. The molecule has 0 aliphatic carbocycles. The molecule has 7 aromatic carbocycles. The molecule has 0 fully saturated rings. The fraction of sp³-hybridized carbons (Fsp3) is 0.173. The first-order chi connectivity index (χ1) is 29.3.